The number of carbonyl (C=O) groups excluding carboxylic acids is 1. The largest absolute Gasteiger partial charge is 0.465 e. The van der Waals surface area contributed by atoms with Gasteiger partial charge < -0.3 is 19.5 Å². The smallest absolute Gasteiger partial charge is 0.337 e. The number of halogens is 1. The number of benzene rings is 2. The molecule has 1 heterocycles. The van der Waals surface area contributed by atoms with Gasteiger partial charge in [0.25, 0.3) is 0 Å². The van der Waals surface area contributed by atoms with Gasteiger partial charge in [0, 0.05) is 10.7 Å². The molecule has 0 spiro atoms. The Kier molecular flexibility index (Phi) is 6.62. The molecule has 0 unspecified atom stereocenters. The third-order valence-electron chi connectivity index (χ3n) is 4.31. The SMILES string of the molecule is COC(=O)c1cccc(Nc2nc(OC3=CCCC=C3)nc(Oc3cccc(Cl)c3)n2)c1. The van der Waals surface area contributed by atoms with Gasteiger partial charge in [-0.05, 0) is 61.4 Å². The molecule has 162 valence electrons. The van der Waals surface area contributed by atoms with Crippen LogP contribution < -0.4 is 14.8 Å². The summed E-state index contributed by atoms with van der Waals surface area (Å²) in [4.78, 5) is 24.7. The van der Waals surface area contributed by atoms with Crippen molar-refractivity contribution < 1.29 is 19.0 Å². The van der Waals surface area contributed by atoms with Gasteiger partial charge in [0.05, 0.1) is 12.7 Å². The zero-order valence-electron chi connectivity index (χ0n) is 17.1. The minimum atomic E-state index is -0.450. The fourth-order valence-corrected chi connectivity index (χ4v) is 3.04. The summed E-state index contributed by atoms with van der Waals surface area (Å²) in [5, 5.41) is 3.56. The Labute approximate surface area is 189 Å². The topological polar surface area (TPSA) is 95.5 Å². The lowest BCUT2D eigenvalue weighted by atomic mass is 10.2. The lowest BCUT2D eigenvalue weighted by Crippen LogP contribution is -2.06. The predicted molar refractivity (Wildman–Crippen MR) is 120 cm³/mol. The van der Waals surface area contributed by atoms with Crippen molar-refractivity contribution in [1.82, 2.24) is 15.0 Å². The van der Waals surface area contributed by atoms with E-state index in [9.17, 15) is 4.79 Å². The Bertz CT molecular complexity index is 1200. The number of carbonyl (C=O) groups is 1. The van der Waals surface area contributed by atoms with Gasteiger partial charge in [-0.2, -0.15) is 9.97 Å². The quantitative estimate of drug-likeness (QED) is 0.474. The zero-order chi connectivity index (χ0) is 22.3. The Balaban J connectivity index is 1.64. The summed E-state index contributed by atoms with van der Waals surface area (Å²) in [6.07, 6.45) is 7.65. The zero-order valence-corrected chi connectivity index (χ0v) is 17.9. The fourth-order valence-electron chi connectivity index (χ4n) is 2.86. The molecule has 0 saturated heterocycles. The average Bonchev–Trinajstić information content (AvgIpc) is 2.79. The van der Waals surface area contributed by atoms with Crippen LogP contribution in [0, 0.1) is 0 Å². The van der Waals surface area contributed by atoms with E-state index >= 15 is 0 Å². The standard InChI is InChI=1S/C23H19ClN4O4/c1-30-20(29)15-7-5-9-17(13-15)25-21-26-22(31-18-10-3-2-4-11-18)28-23(27-21)32-19-12-6-8-16(24)14-19/h3,5-14H,2,4H2,1H3,(H,25,26,27,28). The van der Waals surface area contributed by atoms with Crippen molar-refractivity contribution in [2.45, 2.75) is 12.8 Å². The molecule has 0 saturated carbocycles. The number of hydrogen-bond donors (Lipinski definition) is 1. The first-order valence-corrected chi connectivity index (χ1v) is 10.2. The second-order valence-corrected chi connectivity index (χ2v) is 7.11. The highest BCUT2D eigenvalue weighted by molar-refractivity contribution is 6.30. The molecule has 0 amide bonds. The molecule has 1 N–H and O–H groups in total. The van der Waals surface area contributed by atoms with Crippen molar-refractivity contribution in [3.63, 3.8) is 0 Å². The summed E-state index contributed by atoms with van der Waals surface area (Å²) in [6.45, 7) is 0. The highest BCUT2D eigenvalue weighted by Gasteiger charge is 2.13. The normalized spacial score (nSPS) is 12.6. The van der Waals surface area contributed by atoms with Crippen molar-refractivity contribution in [2.75, 3.05) is 12.4 Å². The first kappa shape index (κ1) is 21.3. The lowest BCUT2D eigenvalue weighted by molar-refractivity contribution is 0.0601. The van der Waals surface area contributed by atoms with Gasteiger partial charge in [-0.1, -0.05) is 29.8 Å². The molecular formula is C23H19ClN4O4. The number of hydrogen-bond acceptors (Lipinski definition) is 8. The summed E-state index contributed by atoms with van der Waals surface area (Å²) in [7, 11) is 1.33. The van der Waals surface area contributed by atoms with Gasteiger partial charge in [-0.15, -0.1) is 4.98 Å². The Morgan fingerprint density at radius 2 is 1.81 bits per heavy atom. The molecule has 1 aliphatic carbocycles. The highest BCUT2D eigenvalue weighted by atomic mass is 35.5. The fraction of sp³-hybridized carbons (Fsp3) is 0.130. The number of allylic oxidation sites excluding steroid dienone is 3. The molecule has 1 aliphatic rings. The van der Waals surface area contributed by atoms with Crippen LogP contribution in [0.15, 0.2) is 72.5 Å². The Morgan fingerprint density at radius 1 is 1.00 bits per heavy atom. The van der Waals surface area contributed by atoms with Gasteiger partial charge in [0.15, 0.2) is 0 Å². The molecule has 0 bridgehead atoms. The maximum Gasteiger partial charge on any atom is 0.337 e. The molecule has 4 rings (SSSR count). The summed E-state index contributed by atoms with van der Waals surface area (Å²) in [5.41, 5.74) is 0.964. The van der Waals surface area contributed by atoms with E-state index in [1.54, 1.807) is 48.5 Å². The Morgan fingerprint density at radius 3 is 2.56 bits per heavy atom. The molecule has 0 aliphatic heterocycles. The van der Waals surface area contributed by atoms with Gasteiger partial charge in [-0.25, -0.2) is 4.79 Å². The van der Waals surface area contributed by atoms with Crippen molar-refractivity contribution in [3.8, 4) is 17.8 Å². The minimum absolute atomic E-state index is 0.0179. The van der Waals surface area contributed by atoms with Crippen LogP contribution in [0.5, 0.6) is 17.8 Å². The molecule has 1 aromatic heterocycles. The molecule has 3 aromatic rings. The number of ether oxygens (including phenoxy) is 3. The summed E-state index contributed by atoms with van der Waals surface area (Å²) in [5.74, 6) is 0.823. The molecular weight excluding hydrogens is 432 g/mol. The van der Waals surface area contributed by atoms with E-state index in [0.717, 1.165) is 12.8 Å². The monoisotopic (exact) mass is 450 g/mol. The maximum absolute atomic E-state index is 11.8. The van der Waals surface area contributed by atoms with Gasteiger partial charge in [-0.3, -0.25) is 0 Å². The molecule has 0 fully saturated rings. The highest BCUT2D eigenvalue weighted by Crippen LogP contribution is 2.26. The number of methoxy groups -OCH3 is 1. The molecule has 0 radical (unpaired) electrons. The van der Waals surface area contributed by atoms with E-state index in [4.69, 9.17) is 25.8 Å². The first-order chi connectivity index (χ1) is 15.6. The van der Waals surface area contributed by atoms with Crippen LogP contribution >= 0.6 is 11.6 Å². The van der Waals surface area contributed by atoms with Crippen LogP contribution in [0.3, 0.4) is 0 Å². The Hall–Kier alpha value is -3.91. The van der Waals surface area contributed by atoms with Gasteiger partial charge in [0.1, 0.15) is 11.5 Å². The number of esters is 1. The number of nitrogens with one attached hydrogen (secondary N) is 1. The lowest BCUT2D eigenvalue weighted by Gasteiger charge is -2.12. The van der Waals surface area contributed by atoms with Crippen LogP contribution in [0.4, 0.5) is 11.6 Å². The molecule has 8 nitrogen and oxygen atoms in total. The van der Waals surface area contributed by atoms with Crippen LogP contribution in [-0.4, -0.2) is 28.0 Å². The summed E-state index contributed by atoms with van der Waals surface area (Å²) < 4.78 is 16.3. The molecule has 32 heavy (non-hydrogen) atoms. The number of nitrogens with zero attached hydrogens (tertiary/aromatic N) is 3. The van der Waals surface area contributed by atoms with Gasteiger partial charge >= 0.3 is 18.0 Å². The van der Waals surface area contributed by atoms with E-state index in [1.807, 2.05) is 18.2 Å². The summed E-state index contributed by atoms with van der Waals surface area (Å²) >= 11 is 6.04. The van der Waals surface area contributed by atoms with Crippen LogP contribution in [0.25, 0.3) is 0 Å². The van der Waals surface area contributed by atoms with Crippen molar-refractivity contribution >= 4 is 29.2 Å². The number of anilines is 2. The van der Waals surface area contributed by atoms with Crippen LogP contribution in [0.2, 0.25) is 5.02 Å². The minimum Gasteiger partial charge on any atom is -0.465 e. The van der Waals surface area contributed by atoms with Crippen LogP contribution in [-0.2, 0) is 4.74 Å². The van der Waals surface area contributed by atoms with E-state index in [2.05, 4.69) is 20.3 Å². The van der Waals surface area contributed by atoms with E-state index in [1.165, 1.54) is 7.11 Å². The molecule has 9 heteroatoms. The molecule has 0 atom stereocenters. The summed E-state index contributed by atoms with van der Waals surface area (Å²) in [6, 6.07) is 13.7. The predicted octanol–water partition coefficient (Wildman–Crippen LogP) is 5.46. The van der Waals surface area contributed by atoms with Crippen molar-refractivity contribution in [2.24, 2.45) is 0 Å². The first-order valence-electron chi connectivity index (χ1n) is 9.78. The van der Waals surface area contributed by atoms with Crippen LogP contribution in [0.1, 0.15) is 23.2 Å². The number of rotatable bonds is 7. The maximum atomic E-state index is 11.8. The molecule has 2 aromatic carbocycles. The van der Waals surface area contributed by atoms with E-state index in [-0.39, 0.29) is 18.0 Å². The van der Waals surface area contributed by atoms with E-state index < -0.39 is 5.97 Å². The third-order valence-corrected chi connectivity index (χ3v) is 4.54. The second kappa shape index (κ2) is 9.93. The number of aromatic nitrogens is 3. The average molecular weight is 451 g/mol. The third kappa shape index (κ3) is 5.61. The van der Waals surface area contributed by atoms with Crippen molar-refractivity contribution in [1.29, 1.82) is 0 Å². The van der Waals surface area contributed by atoms with Crippen molar-refractivity contribution in [3.05, 3.63) is 83.1 Å². The van der Waals surface area contributed by atoms with E-state index in [0.29, 0.717) is 27.8 Å². The van der Waals surface area contributed by atoms with Gasteiger partial charge in [0.2, 0.25) is 5.95 Å². The second-order valence-electron chi connectivity index (χ2n) is 6.67.